The molecule has 1 atom stereocenters. The van der Waals surface area contributed by atoms with Crippen LogP contribution in [0.5, 0.6) is 0 Å². The van der Waals surface area contributed by atoms with Crippen LogP contribution in [0.3, 0.4) is 0 Å². The van der Waals surface area contributed by atoms with Crippen molar-refractivity contribution in [2.75, 3.05) is 6.54 Å². The maximum Gasteiger partial charge on any atom is 0.0294 e. The van der Waals surface area contributed by atoms with Crippen molar-refractivity contribution in [2.24, 2.45) is 0 Å². The number of benzene rings is 3. The normalized spacial score (nSPS) is 12.8. The molecule has 3 rings (SSSR count). The van der Waals surface area contributed by atoms with Gasteiger partial charge in [0.2, 0.25) is 0 Å². The Balaban J connectivity index is 1.59. The highest BCUT2D eigenvalue weighted by molar-refractivity contribution is 5.84. The van der Waals surface area contributed by atoms with Crippen LogP contribution in [0.1, 0.15) is 24.1 Å². The maximum atomic E-state index is 3.52. The fourth-order valence-corrected chi connectivity index (χ4v) is 2.61. The van der Waals surface area contributed by atoms with Crippen LogP contribution in [0.2, 0.25) is 0 Å². The number of rotatable bonds is 5. The summed E-state index contributed by atoms with van der Waals surface area (Å²) in [6.07, 6.45) is 4.36. The molecule has 0 unspecified atom stereocenters. The molecule has 0 saturated carbocycles. The number of hydrogen-bond donors (Lipinski definition) is 1. The molecule has 0 heterocycles. The van der Waals surface area contributed by atoms with Crippen molar-refractivity contribution in [3.63, 3.8) is 0 Å². The first-order chi connectivity index (χ1) is 10.8. The molecule has 0 aliphatic carbocycles. The number of nitrogens with one attached hydrogen (secondary N) is 1. The van der Waals surface area contributed by atoms with Crippen molar-refractivity contribution in [2.45, 2.75) is 13.0 Å². The first kappa shape index (κ1) is 14.6. The zero-order chi connectivity index (χ0) is 15.2. The van der Waals surface area contributed by atoms with Gasteiger partial charge in [0.05, 0.1) is 0 Å². The van der Waals surface area contributed by atoms with Crippen molar-refractivity contribution in [1.82, 2.24) is 5.32 Å². The molecule has 0 amide bonds. The van der Waals surface area contributed by atoms with E-state index in [9.17, 15) is 0 Å². The van der Waals surface area contributed by atoms with E-state index in [1.54, 1.807) is 0 Å². The lowest BCUT2D eigenvalue weighted by Crippen LogP contribution is -2.18. The average molecular weight is 287 g/mol. The zero-order valence-corrected chi connectivity index (χ0v) is 12.9. The monoisotopic (exact) mass is 287 g/mol. The van der Waals surface area contributed by atoms with Gasteiger partial charge in [-0.3, -0.25) is 0 Å². The molecular weight excluding hydrogens is 266 g/mol. The average Bonchev–Trinajstić information content (AvgIpc) is 2.59. The Hall–Kier alpha value is -2.38. The Morgan fingerprint density at radius 1 is 0.864 bits per heavy atom. The van der Waals surface area contributed by atoms with E-state index < -0.39 is 0 Å². The molecule has 0 aliphatic heterocycles. The molecular formula is C21H21N. The van der Waals surface area contributed by atoms with E-state index in [4.69, 9.17) is 0 Å². The minimum absolute atomic E-state index is 0.363. The van der Waals surface area contributed by atoms with E-state index in [1.165, 1.54) is 21.9 Å². The van der Waals surface area contributed by atoms with Crippen LogP contribution in [0.4, 0.5) is 0 Å². The van der Waals surface area contributed by atoms with Gasteiger partial charge < -0.3 is 5.32 Å². The van der Waals surface area contributed by atoms with Gasteiger partial charge in [-0.05, 0) is 34.9 Å². The SMILES string of the molecule is C[C@@H](NC/C=C/c1ccc2ccccc2c1)c1ccccc1. The molecule has 3 aromatic rings. The molecule has 0 aromatic heterocycles. The molecule has 3 aromatic carbocycles. The largest absolute Gasteiger partial charge is 0.307 e. The smallest absolute Gasteiger partial charge is 0.0294 e. The molecule has 0 aliphatic rings. The van der Waals surface area contributed by atoms with Crippen LogP contribution in [0.15, 0.2) is 78.9 Å². The summed E-state index contributed by atoms with van der Waals surface area (Å²) in [4.78, 5) is 0. The topological polar surface area (TPSA) is 12.0 Å². The summed E-state index contributed by atoms with van der Waals surface area (Å²) < 4.78 is 0. The Morgan fingerprint density at radius 3 is 2.41 bits per heavy atom. The van der Waals surface area contributed by atoms with Crippen molar-refractivity contribution in [1.29, 1.82) is 0 Å². The van der Waals surface area contributed by atoms with Gasteiger partial charge in [-0.1, -0.05) is 78.9 Å². The van der Waals surface area contributed by atoms with E-state index >= 15 is 0 Å². The van der Waals surface area contributed by atoms with E-state index in [0.29, 0.717) is 6.04 Å². The van der Waals surface area contributed by atoms with Gasteiger partial charge in [0.25, 0.3) is 0 Å². The summed E-state index contributed by atoms with van der Waals surface area (Å²) in [6, 6.07) is 25.9. The molecule has 110 valence electrons. The third-order valence-corrected chi connectivity index (χ3v) is 3.93. The fourth-order valence-electron chi connectivity index (χ4n) is 2.61. The lowest BCUT2D eigenvalue weighted by Gasteiger charge is -2.12. The molecule has 0 fully saturated rings. The molecule has 1 N–H and O–H groups in total. The van der Waals surface area contributed by atoms with Crippen LogP contribution in [-0.2, 0) is 0 Å². The maximum absolute atomic E-state index is 3.52. The van der Waals surface area contributed by atoms with Gasteiger partial charge in [0.15, 0.2) is 0 Å². The van der Waals surface area contributed by atoms with E-state index in [0.717, 1.165) is 6.54 Å². The van der Waals surface area contributed by atoms with Gasteiger partial charge in [-0.15, -0.1) is 0 Å². The highest BCUT2D eigenvalue weighted by Crippen LogP contribution is 2.16. The first-order valence-corrected chi connectivity index (χ1v) is 7.76. The Kier molecular flexibility index (Phi) is 4.67. The van der Waals surface area contributed by atoms with Crippen LogP contribution in [-0.4, -0.2) is 6.54 Å². The third kappa shape index (κ3) is 3.63. The summed E-state index contributed by atoms with van der Waals surface area (Å²) in [5.41, 5.74) is 2.56. The molecule has 0 bridgehead atoms. The molecule has 0 spiro atoms. The predicted molar refractivity (Wildman–Crippen MR) is 95.8 cm³/mol. The molecule has 1 heteroatoms. The van der Waals surface area contributed by atoms with Gasteiger partial charge in [0.1, 0.15) is 0 Å². The molecule has 1 nitrogen and oxygen atoms in total. The summed E-state index contributed by atoms with van der Waals surface area (Å²) in [7, 11) is 0. The highest BCUT2D eigenvalue weighted by Gasteiger charge is 2.01. The second-order valence-electron chi connectivity index (χ2n) is 5.55. The van der Waals surface area contributed by atoms with E-state index in [1.807, 2.05) is 0 Å². The summed E-state index contributed by atoms with van der Waals surface area (Å²) in [5, 5.41) is 6.09. The van der Waals surface area contributed by atoms with E-state index in [2.05, 4.69) is 97.2 Å². The van der Waals surface area contributed by atoms with Crippen molar-refractivity contribution in [3.8, 4) is 0 Å². The Morgan fingerprint density at radius 2 is 1.59 bits per heavy atom. The molecule has 0 radical (unpaired) electrons. The predicted octanol–water partition coefficient (Wildman–Crippen LogP) is 5.20. The number of hydrogen-bond acceptors (Lipinski definition) is 1. The lowest BCUT2D eigenvalue weighted by molar-refractivity contribution is 0.618. The Labute approximate surface area is 132 Å². The van der Waals surface area contributed by atoms with Crippen LogP contribution < -0.4 is 5.32 Å². The van der Waals surface area contributed by atoms with Crippen molar-refractivity contribution >= 4 is 16.8 Å². The number of fused-ring (bicyclic) bond motifs is 1. The van der Waals surface area contributed by atoms with Gasteiger partial charge >= 0.3 is 0 Å². The highest BCUT2D eigenvalue weighted by atomic mass is 14.9. The minimum atomic E-state index is 0.363. The molecule has 22 heavy (non-hydrogen) atoms. The van der Waals surface area contributed by atoms with Gasteiger partial charge in [-0.2, -0.15) is 0 Å². The summed E-state index contributed by atoms with van der Waals surface area (Å²) >= 11 is 0. The fraction of sp³-hybridized carbons (Fsp3) is 0.143. The van der Waals surface area contributed by atoms with E-state index in [-0.39, 0.29) is 0 Å². The van der Waals surface area contributed by atoms with Crippen molar-refractivity contribution in [3.05, 3.63) is 90.0 Å². The van der Waals surface area contributed by atoms with Gasteiger partial charge in [-0.25, -0.2) is 0 Å². The van der Waals surface area contributed by atoms with Gasteiger partial charge in [0, 0.05) is 12.6 Å². The molecule has 0 saturated heterocycles. The first-order valence-electron chi connectivity index (χ1n) is 7.76. The lowest BCUT2D eigenvalue weighted by atomic mass is 10.1. The third-order valence-electron chi connectivity index (χ3n) is 3.93. The zero-order valence-electron chi connectivity index (χ0n) is 12.9. The van der Waals surface area contributed by atoms with Crippen LogP contribution in [0, 0.1) is 0 Å². The Bertz CT molecular complexity index is 759. The van der Waals surface area contributed by atoms with Crippen LogP contribution >= 0.6 is 0 Å². The van der Waals surface area contributed by atoms with Crippen molar-refractivity contribution < 1.29 is 0 Å². The quantitative estimate of drug-likeness (QED) is 0.679. The second-order valence-corrected chi connectivity index (χ2v) is 5.55. The van der Waals surface area contributed by atoms with Crippen LogP contribution in [0.25, 0.3) is 16.8 Å². The standard InChI is InChI=1S/C21H21N/c1-17(19-9-3-2-4-10-19)22-15-7-8-18-13-14-20-11-5-6-12-21(20)16-18/h2-14,16-17,22H,15H2,1H3/b8-7+/t17-/m1/s1. The second kappa shape index (κ2) is 7.06. The summed E-state index contributed by atoms with van der Waals surface area (Å²) in [6.45, 7) is 3.06. The summed E-state index contributed by atoms with van der Waals surface area (Å²) in [5.74, 6) is 0. The minimum Gasteiger partial charge on any atom is -0.307 e.